The van der Waals surface area contributed by atoms with Gasteiger partial charge in [0.15, 0.2) is 0 Å². The highest BCUT2D eigenvalue weighted by molar-refractivity contribution is 5.98. The number of ether oxygens (including phenoxy) is 3. The zero-order valence-electron chi connectivity index (χ0n) is 29.6. The lowest BCUT2D eigenvalue weighted by molar-refractivity contribution is -0.164. The van der Waals surface area contributed by atoms with Gasteiger partial charge < -0.3 is 34.0 Å². The van der Waals surface area contributed by atoms with Crippen molar-refractivity contribution in [2.24, 2.45) is 11.8 Å². The van der Waals surface area contributed by atoms with Crippen molar-refractivity contribution < 1.29 is 38.5 Å². The molecule has 1 aromatic rings. The van der Waals surface area contributed by atoms with Crippen molar-refractivity contribution in [1.29, 1.82) is 0 Å². The maximum Gasteiger partial charge on any atom is 0.313 e. The van der Waals surface area contributed by atoms with Crippen molar-refractivity contribution in [3.05, 3.63) is 61.2 Å². The normalized spacial score (nSPS) is 27.0. The van der Waals surface area contributed by atoms with Crippen LogP contribution >= 0.6 is 0 Å². The average molecular weight is 695 g/mol. The Morgan fingerprint density at radius 1 is 1.12 bits per heavy atom. The van der Waals surface area contributed by atoms with Crippen LogP contribution in [0.3, 0.4) is 0 Å². The van der Waals surface area contributed by atoms with Crippen LogP contribution in [0.4, 0.5) is 0 Å². The van der Waals surface area contributed by atoms with E-state index in [1.54, 1.807) is 33.9 Å². The first kappa shape index (κ1) is 37.7. The number of unbranched alkanes of at least 4 members (excludes halogenated alkanes) is 1. The molecule has 2 bridgehead atoms. The molecule has 12 nitrogen and oxygen atoms in total. The van der Waals surface area contributed by atoms with E-state index in [2.05, 4.69) is 18.1 Å². The number of aliphatic hydroxyl groups excluding tert-OH is 1. The van der Waals surface area contributed by atoms with Crippen molar-refractivity contribution in [2.75, 3.05) is 66.1 Å². The molecule has 0 unspecified atom stereocenters. The van der Waals surface area contributed by atoms with Gasteiger partial charge in [-0.25, -0.2) is 0 Å². The third-order valence-electron chi connectivity index (χ3n) is 10.9. The fourth-order valence-corrected chi connectivity index (χ4v) is 8.17. The third-order valence-corrected chi connectivity index (χ3v) is 10.9. The molecule has 0 aliphatic carbocycles. The van der Waals surface area contributed by atoms with Crippen LogP contribution in [0.15, 0.2) is 55.6 Å². The van der Waals surface area contributed by atoms with Gasteiger partial charge in [-0.3, -0.25) is 24.1 Å². The number of allylic oxidation sites excluding steroid dienone is 1. The minimum atomic E-state index is -1.18. The van der Waals surface area contributed by atoms with Crippen molar-refractivity contribution in [3.63, 3.8) is 0 Å². The first-order valence-electron chi connectivity index (χ1n) is 18.1. The van der Waals surface area contributed by atoms with Crippen LogP contribution in [0.25, 0.3) is 0 Å². The van der Waals surface area contributed by atoms with Crippen molar-refractivity contribution in [3.8, 4) is 0 Å². The highest BCUT2D eigenvalue weighted by atomic mass is 16.6. The number of benzene rings is 1. The van der Waals surface area contributed by atoms with Gasteiger partial charge in [-0.2, -0.15) is 0 Å². The Morgan fingerprint density at radius 3 is 2.54 bits per heavy atom. The van der Waals surface area contributed by atoms with E-state index in [1.165, 1.54) is 0 Å². The molecule has 4 aliphatic heterocycles. The van der Waals surface area contributed by atoms with Crippen molar-refractivity contribution >= 4 is 23.7 Å². The molecule has 1 N–H and O–H groups in total. The van der Waals surface area contributed by atoms with E-state index >= 15 is 0 Å². The average Bonchev–Trinajstić information content (AvgIpc) is 3.78. The number of carbonyl (C=O) groups excluding carboxylic acids is 4. The second-order valence-corrected chi connectivity index (χ2v) is 13.9. The summed E-state index contributed by atoms with van der Waals surface area (Å²) in [5.41, 5.74) is -0.446. The molecule has 4 aliphatic rings. The van der Waals surface area contributed by atoms with Crippen LogP contribution < -0.4 is 0 Å². The number of fused-ring (bicyclic) bond motifs is 1. The predicted octanol–water partition coefficient (Wildman–Crippen LogP) is 2.58. The van der Waals surface area contributed by atoms with E-state index in [1.807, 2.05) is 37.3 Å². The third kappa shape index (κ3) is 7.68. The minimum Gasteiger partial charge on any atom is -0.455 e. The molecule has 4 saturated heterocycles. The molecule has 4 fully saturated rings. The summed E-state index contributed by atoms with van der Waals surface area (Å²) in [6.45, 7) is 14.0. The Hall–Kier alpha value is -3.58. The van der Waals surface area contributed by atoms with E-state index in [0.717, 1.165) is 18.7 Å². The number of nitrogens with zero attached hydrogens (tertiary/aromatic N) is 4. The molecule has 50 heavy (non-hydrogen) atoms. The number of likely N-dealkylation sites (tertiary alicyclic amines) is 1. The zero-order valence-corrected chi connectivity index (χ0v) is 29.6. The molecular weight excluding hydrogens is 640 g/mol. The number of morpholine rings is 1. The summed E-state index contributed by atoms with van der Waals surface area (Å²) in [7, 11) is 1.70. The fourth-order valence-electron chi connectivity index (χ4n) is 8.17. The lowest BCUT2D eigenvalue weighted by Gasteiger charge is -2.37. The van der Waals surface area contributed by atoms with Gasteiger partial charge >= 0.3 is 5.97 Å². The van der Waals surface area contributed by atoms with Crippen LogP contribution in [-0.2, 0) is 33.4 Å². The lowest BCUT2D eigenvalue weighted by atomic mass is 9.70. The summed E-state index contributed by atoms with van der Waals surface area (Å²) in [6.07, 6.45) is 4.78. The summed E-state index contributed by atoms with van der Waals surface area (Å²) in [5, 5.41) is 9.53. The van der Waals surface area contributed by atoms with E-state index in [4.69, 9.17) is 14.2 Å². The van der Waals surface area contributed by atoms with Crippen molar-refractivity contribution in [1.82, 2.24) is 19.6 Å². The van der Waals surface area contributed by atoms with Gasteiger partial charge in [0, 0.05) is 59.3 Å². The number of rotatable bonds is 18. The molecule has 1 spiro atoms. The summed E-state index contributed by atoms with van der Waals surface area (Å²) in [5.74, 6) is -2.97. The Kier molecular flexibility index (Phi) is 12.9. The van der Waals surface area contributed by atoms with Gasteiger partial charge in [0.05, 0.1) is 37.2 Å². The summed E-state index contributed by atoms with van der Waals surface area (Å²) in [4.78, 5) is 63.7. The standard InChI is InChI=1S/C38H54N4O8/c1-5-7-15-30(44)39(4)27(3)33(28-13-9-8-10-14-28)49-37(47)31-29-16-17-38(50-29)32(31)35(45)42(19-11-12-24-43)34(38)36(46)41(18-6-2)21-20-40-22-25-48-26-23-40/h5-6,8-10,13-14,27,29,31-34,43H,1-2,7,11-12,15-26H2,3-4H3/t27-,29+,31-,32-,33+,34+,38-/m1/s1. The molecular formula is C38H54N4O8. The highest BCUT2D eigenvalue weighted by Crippen LogP contribution is 2.59. The van der Waals surface area contributed by atoms with Crippen LogP contribution in [0.5, 0.6) is 0 Å². The maximum absolute atomic E-state index is 14.6. The molecule has 0 aromatic heterocycles. The van der Waals surface area contributed by atoms with Gasteiger partial charge in [0.25, 0.3) is 0 Å². The number of hydrogen-bond acceptors (Lipinski definition) is 9. The summed E-state index contributed by atoms with van der Waals surface area (Å²) in [6, 6.07) is 7.88. The quantitative estimate of drug-likeness (QED) is 0.140. The molecule has 5 rings (SSSR count). The van der Waals surface area contributed by atoms with Crippen LogP contribution in [0.1, 0.15) is 57.1 Å². The number of aliphatic hydroxyl groups is 1. The van der Waals surface area contributed by atoms with Gasteiger partial charge in [0.1, 0.15) is 17.7 Å². The van der Waals surface area contributed by atoms with Crippen LogP contribution in [-0.4, -0.2) is 138 Å². The molecule has 274 valence electrons. The largest absolute Gasteiger partial charge is 0.455 e. The smallest absolute Gasteiger partial charge is 0.313 e. The van der Waals surface area contributed by atoms with Gasteiger partial charge in [-0.05, 0) is 44.6 Å². The predicted molar refractivity (Wildman–Crippen MR) is 187 cm³/mol. The Balaban J connectivity index is 1.42. The van der Waals surface area contributed by atoms with E-state index in [0.29, 0.717) is 65.0 Å². The number of esters is 1. The van der Waals surface area contributed by atoms with Crippen molar-refractivity contribution in [2.45, 2.75) is 75.3 Å². The van der Waals surface area contributed by atoms with Gasteiger partial charge in [0.2, 0.25) is 17.7 Å². The Morgan fingerprint density at radius 2 is 1.86 bits per heavy atom. The second kappa shape index (κ2) is 17.1. The van der Waals surface area contributed by atoms with E-state index < -0.39 is 47.7 Å². The molecule has 4 heterocycles. The molecule has 0 saturated carbocycles. The Labute approximate surface area is 296 Å². The molecule has 12 heteroatoms. The number of likely N-dealkylation sites (N-methyl/N-ethyl adjacent to an activating group) is 1. The maximum atomic E-state index is 14.6. The number of carbonyl (C=O) groups is 4. The number of hydrogen-bond donors (Lipinski definition) is 1. The summed E-state index contributed by atoms with van der Waals surface area (Å²) >= 11 is 0. The van der Waals surface area contributed by atoms with Gasteiger partial charge in [-0.1, -0.05) is 42.5 Å². The van der Waals surface area contributed by atoms with E-state index in [-0.39, 0.29) is 37.3 Å². The topological polar surface area (TPSA) is 129 Å². The fraction of sp³-hybridized carbons (Fsp3) is 0.632. The SMILES string of the molecule is C=CCCC(=O)N(C)[C@H](C)[C@H](OC(=O)[C@@H]1[C@@H]2CC[C@]3(O2)[C@H](C(=O)N(CC=C)CCN2CCOCC2)N(CCCCO)C(=O)[C@@H]13)c1ccccc1. The minimum absolute atomic E-state index is 0.0333. The molecule has 1 aromatic carbocycles. The Bertz CT molecular complexity index is 1370. The monoisotopic (exact) mass is 694 g/mol. The zero-order chi connectivity index (χ0) is 35.8. The highest BCUT2D eigenvalue weighted by Gasteiger charge is 2.75. The molecule has 0 radical (unpaired) electrons. The molecule has 3 amide bonds. The van der Waals surface area contributed by atoms with Crippen LogP contribution in [0.2, 0.25) is 0 Å². The lowest BCUT2D eigenvalue weighted by Crippen LogP contribution is -2.57. The first-order chi connectivity index (χ1) is 24.2. The van der Waals surface area contributed by atoms with E-state index in [9.17, 15) is 24.3 Å². The second-order valence-electron chi connectivity index (χ2n) is 13.9. The molecule has 7 atom stereocenters. The first-order valence-corrected chi connectivity index (χ1v) is 18.1. The van der Waals surface area contributed by atoms with Crippen LogP contribution in [0, 0.1) is 11.8 Å². The number of amides is 3. The van der Waals surface area contributed by atoms with Gasteiger partial charge in [-0.15, -0.1) is 13.2 Å². The summed E-state index contributed by atoms with van der Waals surface area (Å²) < 4.78 is 18.5.